The summed E-state index contributed by atoms with van der Waals surface area (Å²) < 4.78 is 22.5. The van der Waals surface area contributed by atoms with E-state index in [1.807, 2.05) is 59.1 Å². The fourth-order valence-corrected chi connectivity index (χ4v) is 12.1. The average Bonchev–Trinajstić information content (AvgIpc) is 1.42. The maximum absolute atomic E-state index is 13.2. The van der Waals surface area contributed by atoms with Gasteiger partial charge in [0.2, 0.25) is 46.0 Å². The number of aromatic amines is 6. The molecule has 11 rings (SSSR count). The van der Waals surface area contributed by atoms with Crippen LogP contribution in [0, 0.1) is 0 Å². The lowest BCUT2D eigenvalue weighted by atomic mass is 10.1. The first-order chi connectivity index (χ1) is 60.1. The van der Waals surface area contributed by atoms with Gasteiger partial charge in [0.1, 0.15) is 0 Å². The molecule has 0 fully saturated rings. The van der Waals surface area contributed by atoms with E-state index < -0.39 is 74.8 Å². The molecule has 11 aromatic rings. The first kappa shape index (κ1) is 95.0. The van der Waals surface area contributed by atoms with Crippen molar-refractivity contribution < 1.29 is 51.6 Å². The van der Waals surface area contributed by atoms with Crippen molar-refractivity contribution in [2.24, 2.45) is 35.8 Å². The summed E-state index contributed by atoms with van der Waals surface area (Å²) >= 11 is 0. The lowest BCUT2D eigenvalue weighted by molar-refractivity contribution is -0.127. The molecule has 0 saturated heterocycles. The number of Topliss-reactive ketones (excluding diaryl/α,β-unsaturated/α-hetero) is 3. The lowest BCUT2D eigenvalue weighted by Gasteiger charge is -2.13. The molecule has 662 valence electrons. The van der Waals surface area contributed by atoms with Crippen LogP contribution < -0.4 is 75.4 Å². The van der Waals surface area contributed by atoms with Gasteiger partial charge in [0, 0.05) is 71.3 Å². The summed E-state index contributed by atoms with van der Waals surface area (Å²) in [5, 5.41) is 57.8. The Labute approximate surface area is 720 Å². The molecule has 44 heteroatoms. The quantitative estimate of drug-likeness (QED) is 0.0103. The van der Waals surface area contributed by atoms with E-state index in [1.54, 1.807) is 72.8 Å². The number of nitrogens with one attached hydrogen (secondary N) is 16. The molecular weight excluding hydrogens is 1650 g/mol. The van der Waals surface area contributed by atoms with Gasteiger partial charge in [-0.25, -0.2) is 27.9 Å². The summed E-state index contributed by atoms with van der Waals surface area (Å²) in [7, 11) is 9.90. The summed E-state index contributed by atoms with van der Waals surface area (Å²) in [6.07, 6.45) is 3.31. The van der Waals surface area contributed by atoms with Crippen molar-refractivity contribution in [2.75, 3.05) is 139 Å². The van der Waals surface area contributed by atoms with Crippen LogP contribution in [0.3, 0.4) is 0 Å². The molecule has 0 aliphatic heterocycles. The van der Waals surface area contributed by atoms with Crippen molar-refractivity contribution in [3.05, 3.63) is 194 Å². The minimum absolute atomic E-state index is 0.101. The number of primary sulfonamides is 1. The fraction of sp³-hybridized carbons (Fsp3) is 0.305. The standard InChI is InChI=1S/C36H44N10O6.C29H39N13O3.C17H16N6O5S/c1-22(47)31(35(51)39-27-12-13-29-30(21-27)42-36(52)41-29)44-43-26-10-8-23(9-11-26)34(50)40-28-19-24(32(48)37-14-6-16-45(2)3)18-25(20-28)33(49)38-15-7-17-46(4)5;1-18(43)24(25(44)33-21-11-12-22-23(17-21)36-29(45)35-22)41-40-20-9-7-19(8-10-20)34-28-38-26(31-14-5-13-30-2)37-27(39-28)32-15-6-16-42(3)4;1-9(24)15(23-22-10-2-5-12(6-3-10)29(18,27)28)16(25)19-11-4-7-13-14(8-11)21-17(26)20-13/h8-13,18-21,31H,6-7,14-17H2,1-5H3,(H,37,48)(H,38,49)(H,39,51)(H,40,50)(H2,41,42,52);7-12,17,24,30H,5-6,13-16H2,1-4H3,(H,33,44)(H2,35,36,45)(H3,31,32,34,37,38,39);2-8,15H,1H3,(H,19,25)(H2,18,27,28)(H2,20,21,26). The molecule has 126 heavy (non-hydrogen) atoms. The third-order valence-corrected chi connectivity index (χ3v) is 18.9. The normalized spacial score (nSPS) is 12.2. The Balaban J connectivity index is 0.000000222. The third-order valence-electron chi connectivity index (χ3n) is 18.0. The van der Waals surface area contributed by atoms with Crippen LogP contribution >= 0.6 is 0 Å². The van der Waals surface area contributed by atoms with E-state index in [-0.39, 0.29) is 61.8 Å². The summed E-state index contributed by atoms with van der Waals surface area (Å²) in [6.45, 7) is 9.36. The van der Waals surface area contributed by atoms with Crippen LogP contribution in [0.2, 0.25) is 0 Å². The van der Waals surface area contributed by atoms with Crippen LogP contribution in [0.1, 0.15) is 77.5 Å². The van der Waals surface area contributed by atoms with Crippen LogP contribution in [0.4, 0.5) is 63.3 Å². The number of anilines is 8. The Morgan fingerprint density at radius 1 is 0.381 bits per heavy atom. The Morgan fingerprint density at radius 2 is 0.722 bits per heavy atom. The van der Waals surface area contributed by atoms with E-state index in [1.165, 1.54) is 93.6 Å². The molecule has 0 bridgehead atoms. The highest BCUT2D eigenvalue weighted by atomic mass is 32.2. The van der Waals surface area contributed by atoms with E-state index in [0.717, 1.165) is 51.9 Å². The number of carbonyl (C=O) groups is 9. The SMILES string of the molecule is CC(=O)C(N=Nc1ccc(C(=O)Nc2cc(C(=O)NCCCN(C)C)cc(C(=O)NCCCN(C)C)c2)cc1)C(=O)Nc1ccc2[nH]c(=O)[nH]c2c1.CC(=O)C(N=Nc1ccc(S(N)(=O)=O)cc1)C(=O)Nc1ccc2[nH]c(=O)[nH]c2c1.CNCCCNc1nc(NCCCN(C)C)nc(Nc2ccc(N=NC(C(C)=O)C(=O)Nc3ccc4[nH]c(=O)[nH]c4c3)cc2)n1. The van der Waals surface area contributed by atoms with E-state index in [4.69, 9.17) is 5.14 Å². The Kier molecular flexibility index (Phi) is 34.6. The third kappa shape index (κ3) is 30.0. The first-order valence-electron chi connectivity index (χ1n) is 39.4. The van der Waals surface area contributed by atoms with Crippen LogP contribution in [0.5, 0.6) is 0 Å². The van der Waals surface area contributed by atoms with Gasteiger partial charge in [0.05, 0.1) is 55.1 Å². The second kappa shape index (κ2) is 45.9. The molecule has 4 heterocycles. The smallest absolute Gasteiger partial charge is 0.323 e. The molecule has 18 N–H and O–H groups in total. The van der Waals surface area contributed by atoms with Crippen LogP contribution in [0.15, 0.2) is 196 Å². The predicted molar refractivity (Wildman–Crippen MR) is 478 cm³/mol. The zero-order chi connectivity index (χ0) is 91.2. The molecule has 0 radical (unpaired) electrons. The van der Waals surface area contributed by atoms with Crippen molar-refractivity contribution in [2.45, 2.75) is 69.5 Å². The number of aromatic nitrogens is 9. The Bertz CT molecular complexity index is 6050. The van der Waals surface area contributed by atoms with Crippen molar-refractivity contribution in [1.82, 2.24) is 75.5 Å². The number of rotatable bonds is 40. The minimum atomic E-state index is -3.84. The maximum Gasteiger partial charge on any atom is 0.323 e. The molecule has 6 amide bonds. The van der Waals surface area contributed by atoms with Gasteiger partial charge in [-0.05, 0) is 268 Å². The number of amides is 6. The van der Waals surface area contributed by atoms with Gasteiger partial charge in [0.25, 0.3) is 35.4 Å². The van der Waals surface area contributed by atoms with Crippen molar-refractivity contribution in [1.29, 1.82) is 0 Å². The van der Waals surface area contributed by atoms with Gasteiger partial charge in [-0.1, -0.05) is 0 Å². The molecular formula is C82H99N29O14S. The maximum atomic E-state index is 13.2. The summed E-state index contributed by atoms with van der Waals surface area (Å²) in [4.78, 5) is 183. The van der Waals surface area contributed by atoms with E-state index in [0.29, 0.717) is 106 Å². The largest absolute Gasteiger partial charge is 0.354 e. The molecule has 3 unspecified atom stereocenters. The van der Waals surface area contributed by atoms with Crippen molar-refractivity contribution in [3.8, 4) is 0 Å². The second-order valence-electron chi connectivity index (χ2n) is 29.3. The molecule has 0 aliphatic rings. The number of fused-ring (bicyclic) bond motifs is 3. The van der Waals surface area contributed by atoms with Crippen LogP contribution in [-0.2, 0) is 38.8 Å². The number of carbonyl (C=O) groups excluding carboxylic acids is 9. The van der Waals surface area contributed by atoms with Crippen LogP contribution in [-0.4, -0.2) is 241 Å². The number of benzene rings is 7. The number of imidazole rings is 3. The number of hydrogen-bond donors (Lipinski definition) is 17. The highest BCUT2D eigenvalue weighted by molar-refractivity contribution is 7.89. The highest BCUT2D eigenvalue weighted by Crippen LogP contribution is 2.26. The first-order valence-corrected chi connectivity index (χ1v) is 40.9. The number of nitrogens with two attached hydrogens (primary N) is 1. The average molecular weight is 1750 g/mol. The highest BCUT2D eigenvalue weighted by Gasteiger charge is 2.27. The fourth-order valence-electron chi connectivity index (χ4n) is 11.6. The predicted octanol–water partition coefficient (Wildman–Crippen LogP) is 7.18. The van der Waals surface area contributed by atoms with Gasteiger partial charge in [-0.2, -0.15) is 45.6 Å². The lowest BCUT2D eigenvalue weighted by Crippen LogP contribution is -2.31. The van der Waals surface area contributed by atoms with Gasteiger partial charge in [-0.15, -0.1) is 0 Å². The second-order valence-corrected chi connectivity index (χ2v) is 30.8. The van der Waals surface area contributed by atoms with Gasteiger partial charge in [-0.3, -0.25) is 43.2 Å². The van der Waals surface area contributed by atoms with Crippen LogP contribution in [0.25, 0.3) is 33.1 Å². The number of nitrogens with zero attached hydrogens (tertiary/aromatic N) is 12. The zero-order valence-electron chi connectivity index (χ0n) is 70.6. The molecule has 0 spiro atoms. The van der Waals surface area contributed by atoms with Gasteiger partial charge < -0.3 is 97.8 Å². The molecule has 0 aliphatic carbocycles. The van der Waals surface area contributed by atoms with Gasteiger partial charge in [0.15, 0.2) is 17.3 Å². The zero-order valence-corrected chi connectivity index (χ0v) is 71.5. The molecule has 43 nitrogen and oxygen atoms in total. The minimum Gasteiger partial charge on any atom is -0.354 e. The Hall–Kier alpha value is -14.9. The monoisotopic (exact) mass is 1750 g/mol. The summed E-state index contributed by atoms with van der Waals surface area (Å²) in [6, 6.07) is 32.6. The van der Waals surface area contributed by atoms with E-state index >= 15 is 0 Å². The number of H-pyrrole nitrogens is 6. The number of azo groups is 3. The number of hydrogen-bond acceptors (Lipinski definition) is 30. The van der Waals surface area contributed by atoms with Crippen molar-refractivity contribution in [3.63, 3.8) is 0 Å². The van der Waals surface area contributed by atoms with Crippen molar-refractivity contribution >= 4 is 159 Å². The van der Waals surface area contributed by atoms with E-state index in [9.17, 15) is 66.0 Å². The number of sulfonamides is 1. The molecule has 3 atom stereocenters. The molecule has 7 aromatic carbocycles. The summed E-state index contributed by atoms with van der Waals surface area (Å²) in [5.74, 6) is -3.59. The van der Waals surface area contributed by atoms with Gasteiger partial charge >= 0.3 is 17.1 Å². The van der Waals surface area contributed by atoms with E-state index in [2.05, 4.69) is 134 Å². The topological polar surface area (TPSA) is 603 Å². The summed E-state index contributed by atoms with van der Waals surface area (Å²) in [5.41, 5.74) is 5.80. The Morgan fingerprint density at radius 3 is 1.09 bits per heavy atom. The number of ketones is 3. The molecule has 4 aromatic heterocycles. The molecule has 0 saturated carbocycles.